The third kappa shape index (κ3) is 2.53. The fraction of sp³-hybridized carbons (Fsp3) is 0.923. The van der Waals surface area contributed by atoms with Gasteiger partial charge in [-0.1, -0.05) is 13.3 Å². The summed E-state index contributed by atoms with van der Waals surface area (Å²) in [6.45, 7) is 6.37. The number of carbonyl (C=O) groups is 1. The van der Waals surface area contributed by atoms with Crippen LogP contribution in [0, 0.1) is 5.41 Å². The highest BCUT2D eigenvalue weighted by Gasteiger charge is 2.49. The first-order valence-corrected chi connectivity index (χ1v) is 6.58. The molecule has 0 aromatic heterocycles. The minimum Gasteiger partial charge on any atom is -0.457 e. The Bertz CT molecular complexity index is 315. The van der Waals surface area contributed by atoms with Crippen LogP contribution in [-0.4, -0.2) is 48.7 Å². The summed E-state index contributed by atoms with van der Waals surface area (Å²) in [5.41, 5.74) is -0.482. The van der Waals surface area contributed by atoms with Crippen molar-refractivity contribution in [3.05, 3.63) is 0 Å². The molecule has 2 saturated heterocycles. The van der Waals surface area contributed by atoms with Gasteiger partial charge in [0.05, 0.1) is 18.6 Å². The van der Waals surface area contributed by atoms with Crippen LogP contribution in [0.1, 0.15) is 33.6 Å². The van der Waals surface area contributed by atoms with E-state index in [4.69, 9.17) is 14.2 Å². The highest BCUT2D eigenvalue weighted by Crippen LogP contribution is 2.31. The van der Waals surface area contributed by atoms with Gasteiger partial charge in [0.2, 0.25) is 0 Å². The molecule has 104 valence electrons. The second-order valence-corrected chi connectivity index (χ2v) is 5.74. The molecule has 0 amide bonds. The molecule has 0 aromatic carbocycles. The fourth-order valence-corrected chi connectivity index (χ4v) is 2.57. The van der Waals surface area contributed by atoms with Crippen molar-refractivity contribution in [1.29, 1.82) is 0 Å². The van der Waals surface area contributed by atoms with Crippen LogP contribution in [0.15, 0.2) is 0 Å². The van der Waals surface area contributed by atoms with E-state index in [1.165, 1.54) is 0 Å². The minimum absolute atomic E-state index is 0.219. The van der Waals surface area contributed by atoms with Crippen molar-refractivity contribution >= 4 is 5.97 Å². The molecular formula is C13H22O5. The van der Waals surface area contributed by atoms with E-state index in [0.717, 1.165) is 12.8 Å². The first kappa shape index (κ1) is 13.8. The lowest BCUT2D eigenvalue weighted by molar-refractivity contribution is -0.164. The zero-order chi connectivity index (χ0) is 13.3. The molecule has 0 saturated carbocycles. The smallest absolute Gasteiger partial charge is 0.311 e. The molecule has 0 spiro atoms. The standard InChI is InChI=1S/C13H22O5/c1-4-5-13(2,3)12(15)18-9-7-17-10-8(14)6-16-11(9)10/h8-11,14H,4-7H2,1-3H3/t8?,9?,10-,11-/m1/s1. The summed E-state index contributed by atoms with van der Waals surface area (Å²) < 4.78 is 16.3. The van der Waals surface area contributed by atoms with Gasteiger partial charge < -0.3 is 19.3 Å². The van der Waals surface area contributed by atoms with Crippen LogP contribution in [0.5, 0.6) is 0 Å². The highest BCUT2D eigenvalue weighted by molar-refractivity contribution is 5.76. The predicted molar refractivity (Wildman–Crippen MR) is 64.1 cm³/mol. The van der Waals surface area contributed by atoms with E-state index >= 15 is 0 Å². The summed E-state index contributed by atoms with van der Waals surface area (Å²) in [6, 6.07) is 0. The van der Waals surface area contributed by atoms with Gasteiger partial charge in [0.1, 0.15) is 18.3 Å². The molecule has 1 N–H and O–H groups in total. The summed E-state index contributed by atoms with van der Waals surface area (Å²) in [5, 5.41) is 9.60. The van der Waals surface area contributed by atoms with Crippen LogP contribution in [0.2, 0.25) is 0 Å². The van der Waals surface area contributed by atoms with Gasteiger partial charge in [0, 0.05) is 0 Å². The van der Waals surface area contributed by atoms with Gasteiger partial charge in [-0.05, 0) is 20.3 Å². The number of rotatable bonds is 4. The molecule has 5 nitrogen and oxygen atoms in total. The van der Waals surface area contributed by atoms with Crippen molar-refractivity contribution in [1.82, 2.24) is 0 Å². The lowest BCUT2D eigenvalue weighted by atomic mass is 9.88. The number of carbonyl (C=O) groups excluding carboxylic acids is 1. The number of aliphatic hydroxyl groups excluding tert-OH is 1. The molecule has 2 aliphatic heterocycles. The lowest BCUT2D eigenvalue weighted by Crippen LogP contribution is -2.37. The summed E-state index contributed by atoms with van der Waals surface area (Å²) >= 11 is 0. The largest absolute Gasteiger partial charge is 0.457 e. The lowest BCUT2D eigenvalue weighted by Gasteiger charge is -2.25. The normalized spacial score (nSPS) is 35.6. The fourth-order valence-electron chi connectivity index (χ4n) is 2.57. The third-order valence-electron chi connectivity index (χ3n) is 3.67. The van der Waals surface area contributed by atoms with Gasteiger partial charge in [0.15, 0.2) is 6.10 Å². The van der Waals surface area contributed by atoms with Gasteiger partial charge in [-0.25, -0.2) is 0 Å². The zero-order valence-corrected chi connectivity index (χ0v) is 11.2. The molecular weight excluding hydrogens is 236 g/mol. The highest BCUT2D eigenvalue weighted by atomic mass is 16.6. The Morgan fingerprint density at radius 3 is 2.67 bits per heavy atom. The van der Waals surface area contributed by atoms with Crippen molar-refractivity contribution in [2.24, 2.45) is 5.41 Å². The van der Waals surface area contributed by atoms with E-state index in [2.05, 4.69) is 0 Å². The zero-order valence-electron chi connectivity index (χ0n) is 11.2. The maximum absolute atomic E-state index is 12.1. The number of ether oxygens (including phenoxy) is 3. The maximum Gasteiger partial charge on any atom is 0.311 e. The number of esters is 1. The SMILES string of the molecule is CCCC(C)(C)C(=O)OC1CO[C@@H]2C(O)CO[C@H]12. The Hall–Kier alpha value is -0.650. The predicted octanol–water partition coefficient (Wildman–Crippen LogP) is 0.883. The summed E-state index contributed by atoms with van der Waals surface area (Å²) in [4.78, 5) is 12.1. The van der Waals surface area contributed by atoms with Crippen molar-refractivity contribution in [2.75, 3.05) is 13.2 Å². The van der Waals surface area contributed by atoms with E-state index in [0.29, 0.717) is 6.61 Å². The summed E-state index contributed by atoms with van der Waals surface area (Å²) in [5.74, 6) is -0.219. The van der Waals surface area contributed by atoms with Crippen LogP contribution in [0.25, 0.3) is 0 Å². The maximum atomic E-state index is 12.1. The molecule has 2 aliphatic rings. The summed E-state index contributed by atoms with van der Waals surface area (Å²) in [6.07, 6.45) is 0.0539. The minimum atomic E-state index is -0.609. The number of hydrogen-bond acceptors (Lipinski definition) is 5. The van der Waals surface area contributed by atoms with E-state index < -0.39 is 17.6 Å². The van der Waals surface area contributed by atoms with Gasteiger partial charge in [0.25, 0.3) is 0 Å². The first-order chi connectivity index (χ1) is 8.45. The average Bonchev–Trinajstić information content (AvgIpc) is 2.84. The Morgan fingerprint density at radius 1 is 1.33 bits per heavy atom. The van der Waals surface area contributed by atoms with Crippen molar-refractivity contribution in [3.8, 4) is 0 Å². The van der Waals surface area contributed by atoms with E-state index in [1.807, 2.05) is 20.8 Å². The van der Waals surface area contributed by atoms with Gasteiger partial charge in [-0.15, -0.1) is 0 Å². The van der Waals surface area contributed by atoms with Crippen LogP contribution in [0.4, 0.5) is 0 Å². The number of fused-ring (bicyclic) bond motifs is 1. The number of hydrogen-bond donors (Lipinski definition) is 1. The Balaban J connectivity index is 1.93. The average molecular weight is 258 g/mol. The second kappa shape index (κ2) is 5.15. The van der Waals surface area contributed by atoms with Gasteiger partial charge in [-0.2, -0.15) is 0 Å². The molecule has 0 aliphatic carbocycles. The molecule has 0 aromatic rings. The molecule has 2 rings (SSSR count). The molecule has 0 bridgehead atoms. The molecule has 0 radical (unpaired) electrons. The van der Waals surface area contributed by atoms with Crippen molar-refractivity contribution < 1.29 is 24.1 Å². The molecule has 5 heteroatoms. The Labute approximate surface area is 107 Å². The second-order valence-electron chi connectivity index (χ2n) is 5.74. The van der Waals surface area contributed by atoms with E-state index in [9.17, 15) is 9.90 Å². The first-order valence-electron chi connectivity index (χ1n) is 6.58. The summed E-state index contributed by atoms with van der Waals surface area (Å²) in [7, 11) is 0. The molecule has 18 heavy (non-hydrogen) atoms. The van der Waals surface area contributed by atoms with Gasteiger partial charge >= 0.3 is 5.97 Å². The van der Waals surface area contributed by atoms with E-state index in [1.54, 1.807) is 0 Å². The van der Waals surface area contributed by atoms with Crippen molar-refractivity contribution in [3.63, 3.8) is 0 Å². The molecule has 4 atom stereocenters. The van der Waals surface area contributed by atoms with Crippen LogP contribution in [-0.2, 0) is 19.0 Å². The van der Waals surface area contributed by atoms with Crippen LogP contribution < -0.4 is 0 Å². The molecule has 2 unspecified atom stereocenters. The van der Waals surface area contributed by atoms with Crippen molar-refractivity contribution in [2.45, 2.75) is 58.0 Å². The molecule has 2 heterocycles. The Kier molecular flexibility index (Phi) is 3.94. The van der Waals surface area contributed by atoms with Crippen LogP contribution >= 0.6 is 0 Å². The third-order valence-corrected chi connectivity index (χ3v) is 3.67. The monoisotopic (exact) mass is 258 g/mol. The topological polar surface area (TPSA) is 65.0 Å². The van der Waals surface area contributed by atoms with E-state index in [-0.39, 0.29) is 24.8 Å². The van der Waals surface area contributed by atoms with Crippen LogP contribution in [0.3, 0.4) is 0 Å². The van der Waals surface area contributed by atoms with Gasteiger partial charge in [-0.3, -0.25) is 4.79 Å². The number of aliphatic hydroxyl groups is 1. The quantitative estimate of drug-likeness (QED) is 0.758. The molecule has 2 fully saturated rings. The Morgan fingerprint density at radius 2 is 2.00 bits per heavy atom.